The molecule has 1 aromatic heterocycles. The minimum atomic E-state index is -4.80. The van der Waals surface area contributed by atoms with Crippen molar-refractivity contribution in [2.75, 3.05) is 25.1 Å². The van der Waals surface area contributed by atoms with E-state index in [4.69, 9.17) is 9.47 Å². The maximum atomic E-state index is 14.4. The van der Waals surface area contributed by atoms with Crippen LogP contribution in [0.15, 0.2) is 24.4 Å². The normalized spacial score (nSPS) is 23.1. The molecular formula is C25H29F4N5O3. The summed E-state index contributed by atoms with van der Waals surface area (Å²) in [6, 6.07) is 2.03. The number of aromatic nitrogens is 2. The number of nitrogens with zero attached hydrogens (tertiary/aromatic N) is 2. The highest BCUT2D eigenvalue weighted by Crippen LogP contribution is 2.34. The standard InChI is InChI=1S/C25H29F4N5O3/c26-18-12-14(3-5-17(18)25(27,28)29)21(19-2-1-9-30-19)33-22(35)20-6-4-15-13-31-24(34-23(15)37-20)32-16-7-10-36-11-8-16/h3,5,12-13,16,19-21,30H,1-2,4,6-11H2,(H,33,35)(H,31,32,34). The number of rotatable bonds is 6. The van der Waals surface area contributed by atoms with Crippen LogP contribution in [0.25, 0.3) is 0 Å². The van der Waals surface area contributed by atoms with E-state index in [2.05, 4.69) is 25.9 Å². The third-order valence-electron chi connectivity index (χ3n) is 7.06. The maximum Gasteiger partial charge on any atom is 0.419 e. The third-order valence-corrected chi connectivity index (χ3v) is 7.06. The van der Waals surface area contributed by atoms with Crippen molar-refractivity contribution in [2.24, 2.45) is 0 Å². The Morgan fingerprint density at radius 2 is 1.97 bits per heavy atom. The van der Waals surface area contributed by atoms with E-state index in [1.807, 2.05) is 0 Å². The first-order valence-electron chi connectivity index (χ1n) is 12.5. The molecule has 3 aliphatic rings. The van der Waals surface area contributed by atoms with Crippen molar-refractivity contribution < 1.29 is 31.8 Å². The highest BCUT2D eigenvalue weighted by atomic mass is 19.4. The smallest absolute Gasteiger partial charge is 0.419 e. The van der Waals surface area contributed by atoms with Crippen LogP contribution < -0.4 is 20.7 Å². The van der Waals surface area contributed by atoms with Gasteiger partial charge in [0.1, 0.15) is 5.82 Å². The molecule has 3 N–H and O–H groups in total. The molecule has 200 valence electrons. The number of halogens is 4. The van der Waals surface area contributed by atoms with Crippen LogP contribution in [0.5, 0.6) is 5.88 Å². The number of anilines is 1. The van der Waals surface area contributed by atoms with Crippen LogP contribution >= 0.6 is 0 Å². The van der Waals surface area contributed by atoms with Gasteiger partial charge in [-0.25, -0.2) is 9.37 Å². The number of nitrogens with one attached hydrogen (secondary N) is 3. The SMILES string of the molecule is O=C(NC(c1ccc(C(F)(F)F)c(F)c1)C1CCCN1)C1CCc2cnc(NC3CCOCC3)nc2O1. The van der Waals surface area contributed by atoms with Crippen molar-refractivity contribution in [2.45, 2.75) is 68.9 Å². The molecular weight excluding hydrogens is 494 g/mol. The fourth-order valence-corrected chi connectivity index (χ4v) is 5.04. The number of fused-ring (bicyclic) bond motifs is 1. The molecule has 0 spiro atoms. The van der Waals surface area contributed by atoms with Gasteiger partial charge in [0.15, 0.2) is 6.10 Å². The monoisotopic (exact) mass is 523 g/mol. The molecule has 12 heteroatoms. The Bertz CT molecular complexity index is 1120. The van der Waals surface area contributed by atoms with Gasteiger partial charge in [-0.3, -0.25) is 4.79 Å². The Morgan fingerprint density at radius 3 is 2.68 bits per heavy atom. The maximum absolute atomic E-state index is 14.4. The lowest BCUT2D eigenvalue weighted by molar-refractivity contribution is -0.140. The summed E-state index contributed by atoms with van der Waals surface area (Å²) < 4.78 is 64.8. The number of hydrogen-bond acceptors (Lipinski definition) is 7. The van der Waals surface area contributed by atoms with Crippen LogP contribution in [0.2, 0.25) is 0 Å². The van der Waals surface area contributed by atoms with E-state index in [1.165, 1.54) is 6.07 Å². The summed E-state index contributed by atoms with van der Waals surface area (Å²) in [6.07, 6.45) is 0.185. The molecule has 8 nitrogen and oxygen atoms in total. The molecule has 4 heterocycles. The van der Waals surface area contributed by atoms with Gasteiger partial charge in [0.25, 0.3) is 5.91 Å². The van der Waals surface area contributed by atoms with Gasteiger partial charge < -0.3 is 25.4 Å². The Labute approximate surface area is 211 Å². The first-order chi connectivity index (χ1) is 17.8. The summed E-state index contributed by atoms with van der Waals surface area (Å²) >= 11 is 0. The van der Waals surface area contributed by atoms with Crippen LogP contribution in [0.3, 0.4) is 0 Å². The second-order valence-electron chi connectivity index (χ2n) is 9.63. The number of benzene rings is 1. The van der Waals surface area contributed by atoms with Gasteiger partial charge in [-0.1, -0.05) is 6.07 Å². The quantitative estimate of drug-likeness (QED) is 0.499. The fourth-order valence-electron chi connectivity index (χ4n) is 5.04. The number of amides is 1. The first kappa shape index (κ1) is 25.7. The van der Waals surface area contributed by atoms with Gasteiger partial charge >= 0.3 is 6.18 Å². The minimum absolute atomic E-state index is 0.193. The third kappa shape index (κ3) is 5.96. The van der Waals surface area contributed by atoms with Crippen LogP contribution in [-0.4, -0.2) is 53.8 Å². The molecule has 5 rings (SSSR count). The van der Waals surface area contributed by atoms with E-state index < -0.39 is 35.6 Å². The number of ether oxygens (including phenoxy) is 2. The lowest BCUT2D eigenvalue weighted by Crippen LogP contribution is -2.47. The summed E-state index contributed by atoms with van der Waals surface area (Å²) in [5.41, 5.74) is -0.280. The molecule has 3 unspecified atom stereocenters. The summed E-state index contributed by atoms with van der Waals surface area (Å²) in [5.74, 6) is -1.06. The van der Waals surface area contributed by atoms with E-state index >= 15 is 0 Å². The van der Waals surface area contributed by atoms with Crippen LogP contribution in [0.4, 0.5) is 23.5 Å². The second-order valence-corrected chi connectivity index (χ2v) is 9.63. The van der Waals surface area contributed by atoms with Crippen molar-refractivity contribution in [3.8, 4) is 5.88 Å². The predicted molar refractivity (Wildman–Crippen MR) is 126 cm³/mol. The number of hydrogen-bond donors (Lipinski definition) is 3. The lowest BCUT2D eigenvalue weighted by Gasteiger charge is -2.30. The zero-order valence-corrected chi connectivity index (χ0v) is 20.1. The Hall–Kier alpha value is -2.99. The van der Waals surface area contributed by atoms with Crippen molar-refractivity contribution in [1.29, 1.82) is 0 Å². The number of alkyl halides is 3. The van der Waals surface area contributed by atoms with Crippen LogP contribution in [0, 0.1) is 5.82 Å². The van der Waals surface area contributed by atoms with Gasteiger partial charge in [-0.05, 0) is 62.8 Å². The predicted octanol–water partition coefficient (Wildman–Crippen LogP) is 3.53. The number of carbonyl (C=O) groups excluding carboxylic acids is 1. The molecule has 1 amide bonds. The zero-order valence-electron chi connectivity index (χ0n) is 20.1. The lowest BCUT2D eigenvalue weighted by atomic mass is 9.95. The van der Waals surface area contributed by atoms with Crippen molar-refractivity contribution in [1.82, 2.24) is 20.6 Å². The molecule has 0 bridgehead atoms. The summed E-state index contributed by atoms with van der Waals surface area (Å²) in [6.45, 7) is 2.04. The fraction of sp³-hybridized carbons (Fsp3) is 0.560. The number of aryl methyl sites for hydroxylation is 1. The molecule has 0 radical (unpaired) electrons. The Balaban J connectivity index is 1.30. The largest absolute Gasteiger partial charge is 0.464 e. The highest BCUT2D eigenvalue weighted by Gasteiger charge is 2.37. The van der Waals surface area contributed by atoms with Gasteiger partial charge in [0.2, 0.25) is 11.8 Å². The molecule has 3 atom stereocenters. The minimum Gasteiger partial charge on any atom is -0.464 e. The topological polar surface area (TPSA) is 97.4 Å². The van der Waals surface area contributed by atoms with Crippen molar-refractivity contribution in [3.05, 3.63) is 46.9 Å². The molecule has 2 fully saturated rings. The van der Waals surface area contributed by atoms with E-state index in [-0.39, 0.29) is 17.6 Å². The molecule has 37 heavy (non-hydrogen) atoms. The van der Waals surface area contributed by atoms with E-state index in [9.17, 15) is 22.4 Å². The molecule has 2 aromatic rings. The van der Waals surface area contributed by atoms with Gasteiger partial charge in [-0.15, -0.1) is 0 Å². The first-order valence-corrected chi connectivity index (χ1v) is 12.5. The Kier molecular flexibility index (Phi) is 7.47. The van der Waals surface area contributed by atoms with Gasteiger partial charge in [0, 0.05) is 37.1 Å². The summed E-state index contributed by atoms with van der Waals surface area (Å²) in [4.78, 5) is 22.1. The summed E-state index contributed by atoms with van der Waals surface area (Å²) in [7, 11) is 0. The van der Waals surface area contributed by atoms with Crippen LogP contribution in [0.1, 0.15) is 54.8 Å². The van der Waals surface area contributed by atoms with E-state index in [0.29, 0.717) is 50.8 Å². The van der Waals surface area contributed by atoms with Gasteiger partial charge in [-0.2, -0.15) is 18.2 Å². The molecule has 1 aromatic carbocycles. The van der Waals surface area contributed by atoms with Crippen molar-refractivity contribution in [3.63, 3.8) is 0 Å². The Morgan fingerprint density at radius 1 is 1.16 bits per heavy atom. The average Bonchev–Trinajstić information content (AvgIpc) is 3.41. The van der Waals surface area contributed by atoms with Crippen molar-refractivity contribution >= 4 is 11.9 Å². The highest BCUT2D eigenvalue weighted by molar-refractivity contribution is 5.82. The van der Waals surface area contributed by atoms with Crippen LogP contribution in [-0.2, 0) is 22.1 Å². The zero-order chi connectivity index (χ0) is 26.0. The molecule has 2 saturated heterocycles. The van der Waals surface area contributed by atoms with E-state index in [0.717, 1.165) is 37.0 Å². The van der Waals surface area contributed by atoms with Gasteiger partial charge in [0.05, 0.1) is 11.6 Å². The molecule has 0 saturated carbocycles. The summed E-state index contributed by atoms with van der Waals surface area (Å²) in [5, 5.41) is 9.43. The molecule has 0 aliphatic carbocycles. The van der Waals surface area contributed by atoms with E-state index in [1.54, 1.807) is 6.20 Å². The second kappa shape index (κ2) is 10.8. The number of carbonyl (C=O) groups is 1. The average molecular weight is 524 g/mol. The molecule has 3 aliphatic heterocycles.